The van der Waals surface area contributed by atoms with Gasteiger partial charge >= 0.3 is 17.4 Å². The van der Waals surface area contributed by atoms with Crippen molar-refractivity contribution in [3.05, 3.63) is 56.5 Å². The first-order chi connectivity index (χ1) is 13.0. The number of allylic oxidation sites excluding steroid dienone is 2. The van der Waals surface area contributed by atoms with Crippen molar-refractivity contribution in [1.82, 2.24) is 0 Å². The first-order valence-electron chi connectivity index (χ1n) is 7.36. The first-order valence-corrected chi connectivity index (χ1v) is 10.4. The van der Waals surface area contributed by atoms with Crippen LogP contribution < -0.4 is 0 Å². The number of alkyl halides is 7. The SMILES string of the molecule is N#Cc1ccccc1C1(S(=O)(=O)C(F)(F)C(F)(F)C(F)(F)F)C=C(Br)CC(Br)=C1. The minimum atomic E-state index is -6.90. The van der Waals surface area contributed by atoms with Gasteiger partial charge in [0, 0.05) is 6.42 Å². The lowest BCUT2D eigenvalue weighted by Gasteiger charge is -2.37. The zero-order chi connectivity index (χ0) is 22.5. The third-order valence-corrected chi connectivity index (χ3v) is 7.35. The lowest BCUT2D eigenvalue weighted by atomic mass is 9.90. The molecule has 0 aromatic heterocycles. The fraction of sp³-hybridized carbons (Fsp3) is 0.312. The number of halogens is 9. The number of hydrogen-bond acceptors (Lipinski definition) is 3. The summed E-state index contributed by atoms with van der Waals surface area (Å²) >= 11 is 5.77. The standard InChI is InChI=1S/C16H8Br2F7NO2S/c17-10-5-11(18)7-13(6-10,12-4-2-1-3-9(12)8-26)29(27,28)16(24,25)14(19,20)15(21,22)23/h1-4,6-7H,5H2. The molecular formula is C16H8Br2F7NO2S. The van der Waals surface area contributed by atoms with Crippen molar-refractivity contribution in [2.24, 2.45) is 0 Å². The highest BCUT2D eigenvalue weighted by Gasteiger charge is 2.81. The zero-order valence-corrected chi connectivity index (χ0v) is 17.7. The smallest absolute Gasteiger partial charge is 0.221 e. The molecule has 0 fully saturated rings. The van der Waals surface area contributed by atoms with Crippen LogP contribution in [0.15, 0.2) is 45.4 Å². The summed E-state index contributed by atoms with van der Waals surface area (Å²) in [4.78, 5) is 0. The van der Waals surface area contributed by atoms with Gasteiger partial charge in [-0.1, -0.05) is 50.1 Å². The van der Waals surface area contributed by atoms with Gasteiger partial charge in [0.1, 0.15) is 4.75 Å². The lowest BCUT2D eigenvalue weighted by Crippen LogP contribution is -2.60. The molecule has 2 rings (SSSR count). The number of benzene rings is 1. The summed E-state index contributed by atoms with van der Waals surface area (Å²) in [6.07, 6.45) is -5.78. The molecule has 29 heavy (non-hydrogen) atoms. The molecule has 158 valence electrons. The maximum absolute atomic E-state index is 14.5. The zero-order valence-electron chi connectivity index (χ0n) is 13.7. The van der Waals surface area contributed by atoms with E-state index in [1.165, 1.54) is 12.1 Å². The molecule has 0 amide bonds. The van der Waals surface area contributed by atoms with Crippen molar-refractivity contribution in [2.75, 3.05) is 0 Å². The molecule has 0 N–H and O–H groups in total. The van der Waals surface area contributed by atoms with Crippen LogP contribution >= 0.6 is 31.9 Å². The van der Waals surface area contributed by atoms with Gasteiger partial charge in [0.05, 0.1) is 11.6 Å². The molecule has 0 spiro atoms. The van der Waals surface area contributed by atoms with Gasteiger partial charge in [-0.3, -0.25) is 0 Å². The number of rotatable bonds is 4. The van der Waals surface area contributed by atoms with Crippen LogP contribution in [-0.4, -0.2) is 25.8 Å². The van der Waals surface area contributed by atoms with Crippen molar-refractivity contribution < 1.29 is 39.2 Å². The Morgan fingerprint density at radius 3 is 1.90 bits per heavy atom. The van der Waals surface area contributed by atoms with Gasteiger partial charge in [-0.2, -0.15) is 36.0 Å². The third-order valence-electron chi connectivity index (χ3n) is 4.05. The van der Waals surface area contributed by atoms with Gasteiger partial charge in [0.15, 0.2) is 0 Å². The highest BCUT2D eigenvalue weighted by atomic mass is 79.9. The highest BCUT2D eigenvalue weighted by molar-refractivity contribution is 9.12. The molecule has 0 bridgehead atoms. The van der Waals surface area contributed by atoms with Crippen LogP contribution in [0.2, 0.25) is 0 Å². The Labute approximate surface area is 177 Å². The second-order valence-corrected chi connectivity index (χ2v) is 10.1. The largest absolute Gasteiger partial charge is 0.461 e. The van der Waals surface area contributed by atoms with Crippen LogP contribution in [0.1, 0.15) is 17.5 Å². The van der Waals surface area contributed by atoms with Crippen molar-refractivity contribution in [3.63, 3.8) is 0 Å². The van der Waals surface area contributed by atoms with E-state index in [9.17, 15) is 44.4 Å². The summed E-state index contributed by atoms with van der Waals surface area (Å²) in [6.45, 7) is 0. The molecule has 1 aromatic rings. The van der Waals surface area contributed by atoms with Gasteiger partial charge in [0.2, 0.25) is 9.84 Å². The number of nitriles is 1. The minimum Gasteiger partial charge on any atom is -0.221 e. The monoisotopic (exact) mass is 569 g/mol. The molecule has 0 heterocycles. The molecule has 1 aliphatic carbocycles. The molecule has 0 radical (unpaired) electrons. The van der Waals surface area contributed by atoms with Crippen molar-refractivity contribution in [2.45, 2.75) is 28.5 Å². The lowest BCUT2D eigenvalue weighted by molar-refractivity contribution is -0.332. The van der Waals surface area contributed by atoms with E-state index in [1.807, 2.05) is 0 Å². The molecule has 0 aliphatic heterocycles. The molecule has 1 aliphatic rings. The van der Waals surface area contributed by atoms with E-state index in [2.05, 4.69) is 31.9 Å². The van der Waals surface area contributed by atoms with E-state index in [4.69, 9.17) is 0 Å². The van der Waals surface area contributed by atoms with E-state index in [0.29, 0.717) is 12.2 Å². The summed E-state index contributed by atoms with van der Waals surface area (Å²) in [5.41, 5.74) is -1.20. The second-order valence-electron chi connectivity index (χ2n) is 5.90. The maximum Gasteiger partial charge on any atom is 0.461 e. The average molecular weight is 571 g/mol. The Balaban J connectivity index is 2.99. The molecule has 3 nitrogen and oxygen atoms in total. The molecule has 0 unspecified atom stereocenters. The van der Waals surface area contributed by atoms with E-state index < -0.39 is 43.1 Å². The van der Waals surface area contributed by atoms with Crippen LogP contribution in [-0.2, 0) is 14.6 Å². The molecule has 13 heteroatoms. The minimum absolute atomic E-state index is 0.0762. The van der Waals surface area contributed by atoms with Gasteiger partial charge in [0.25, 0.3) is 0 Å². The quantitative estimate of drug-likeness (QED) is 0.422. The van der Waals surface area contributed by atoms with Crippen molar-refractivity contribution in [3.8, 4) is 6.07 Å². The van der Waals surface area contributed by atoms with Crippen LogP contribution in [0, 0.1) is 11.3 Å². The molecule has 1 aromatic carbocycles. The van der Waals surface area contributed by atoms with E-state index >= 15 is 0 Å². The Hall–Kier alpha value is -1.39. The summed E-state index contributed by atoms with van der Waals surface area (Å²) < 4.78 is 116. The van der Waals surface area contributed by atoms with Gasteiger partial charge in [-0.05, 0) is 32.7 Å². The van der Waals surface area contributed by atoms with E-state index in [0.717, 1.165) is 18.2 Å². The van der Waals surface area contributed by atoms with E-state index in [-0.39, 0.29) is 15.4 Å². The van der Waals surface area contributed by atoms with Crippen LogP contribution in [0.3, 0.4) is 0 Å². The third kappa shape index (κ3) is 3.53. The fourth-order valence-electron chi connectivity index (χ4n) is 2.69. The van der Waals surface area contributed by atoms with Crippen molar-refractivity contribution in [1.29, 1.82) is 5.26 Å². The van der Waals surface area contributed by atoms with Gasteiger partial charge in [-0.15, -0.1) is 0 Å². The van der Waals surface area contributed by atoms with Crippen LogP contribution in [0.25, 0.3) is 0 Å². The first kappa shape index (κ1) is 23.9. The molecule has 0 saturated carbocycles. The molecular weight excluding hydrogens is 563 g/mol. The fourth-order valence-corrected chi connectivity index (χ4v) is 6.64. The maximum atomic E-state index is 14.5. The Morgan fingerprint density at radius 2 is 1.45 bits per heavy atom. The number of sulfone groups is 1. The second kappa shape index (κ2) is 7.39. The number of hydrogen-bond donors (Lipinski definition) is 0. The van der Waals surface area contributed by atoms with Crippen molar-refractivity contribution >= 4 is 41.7 Å². The molecule has 0 saturated heterocycles. The van der Waals surface area contributed by atoms with Gasteiger partial charge < -0.3 is 0 Å². The van der Waals surface area contributed by atoms with E-state index in [1.54, 1.807) is 0 Å². The Bertz CT molecular complexity index is 1020. The summed E-state index contributed by atoms with van der Waals surface area (Å²) in [7, 11) is -6.68. The van der Waals surface area contributed by atoms with Crippen LogP contribution in [0.4, 0.5) is 30.7 Å². The predicted octanol–water partition coefficient (Wildman–Crippen LogP) is 5.92. The van der Waals surface area contributed by atoms with Crippen LogP contribution in [0.5, 0.6) is 0 Å². The summed E-state index contributed by atoms with van der Waals surface area (Å²) in [6, 6.07) is 5.81. The normalized spacial score (nSPS) is 17.9. The topological polar surface area (TPSA) is 57.9 Å². The Kier molecular flexibility index (Phi) is 6.08. The Morgan fingerprint density at radius 1 is 0.966 bits per heavy atom. The predicted molar refractivity (Wildman–Crippen MR) is 96.3 cm³/mol. The average Bonchev–Trinajstić information content (AvgIpc) is 2.59. The molecule has 0 atom stereocenters. The summed E-state index contributed by atoms with van der Waals surface area (Å²) in [5.74, 6) is -6.90. The van der Waals surface area contributed by atoms with Gasteiger partial charge in [-0.25, -0.2) is 8.42 Å². The number of nitrogens with zero attached hydrogens (tertiary/aromatic N) is 1. The highest BCUT2D eigenvalue weighted by Crippen LogP contribution is 2.56. The summed E-state index contributed by atoms with van der Waals surface area (Å²) in [5, 5.41) is 2.66.